The van der Waals surface area contributed by atoms with Crippen LogP contribution in [0.5, 0.6) is 0 Å². The summed E-state index contributed by atoms with van der Waals surface area (Å²) in [5.41, 5.74) is 4.10. The summed E-state index contributed by atoms with van der Waals surface area (Å²) in [6, 6.07) is 23.4. The van der Waals surface area contributed by atoms with Crippen LogP contribution < -0.4 is 10.0 Å². The number of halogens is 1. The Bertz CT molecular complexity index is 1270. The average Bonchev–Trinajstić information content (AvgIpc) is 3.39. The Morgan fingerprint density at radius 2 is 1.69 bits per heavy atom. The summed E-state index contributed by atoms with van der Waals surface area (Å²) in [7, 11) is 0. The molecule has 0 radical (unpaired) electrons. The number of nitrogens with one attached hydrogen (secondary N) is 2. The maximum absolute atomic E-state index is 14.8. The van der Waals surface area contributed by atoms with E-state index in [1.54, 1.807) is 18.2 Å². The van der Waals surface area contributed by atoms with Gasteiger partial charge in [0.1, 0.15) is 23.1 Å². The summed E-state index contributed by atoms with van der Waals surface area (Å²) in [5, 5.41) is 6.02. The minimum absolute atomic E-state index is 0.239. The third-order valence-corrected chi connectivity index (χ3v) is 7.32. The lowest BCUT2D eigenvalue weighted by Crippen LogP contribution is -2.35. The molecule has 1 aromatic heterocycles. The van der Waals surface area contributed by atoms with Gasteiger partial charge < -0.3 is 14.6 Å². The number of anilines is 1. The Morgan fingerprint density at radius 3 is 2.36 bits per heavy atom. The van der Waals surface area contributed by atoms with E-state index in [4.69, 9.17) is 9.54 Å². The van der Waals surface area contributed by atoms with Crippen LogP contribution in [0, 0.1) is 5.82 Å². The SMILES string of the molecule is CCc1csc(C(Cc2ccc(NSO)cc2)NC(=O)C(Cc2ccccc2)c2ccccc2F)n1. The van der Waals surface area contributed by atoms with Gasteiger partial charge in [-0.15, -0.1) is 11.3 Å². The number of carbonyl (C=O) groups is 1. The molecule has 2 atom stereocenters. The molecule has 0 aliphatic carbocycles. The Labute approximate surface area is 219 Å². The zero-order valence-electron chi connectivity index (χ0n) is 19.9. The fourth-order valence-electron chi connectivity index (χ4n) is 4.07. The summed E-state index contributed by atoms with van der Waals surface area (Å²) in [6.45, 7) is 2.05. The van der Waals surface area contributed by atoms with Gasteiger partial charge in [0, 0.05) is 16.6 Å². The first-order valence-corrected chi connectivity index (χ1v) is 13.4. The molecule has 1 amide bonds. The predicted molar refractivity (Wildman–Crippen MR) is 146 cm³/mol. The van der Waals surface area contributed by atoms with E-state index in [1.807, 2.05) is 66.9 Å². The lowest BCUT2D eigenvalue weighted by molar-refractivity contribution is -0.123. The van der Waals surface area contributed by atoms with Crippen molar-refractivity contribution >= 4 is 35.2 Å². The summed E-state index contributed by atoms with van der Waals surface area (Å²) in [6.07, 6.45) is 1.73. The summed E-state index contributed by atoms with van der Waals surface area (Å²) in [5.74, 6) is -1.32. The molecule has 0 fully saturated rings. The number of aromatic nitrogens is 1. The summed E-state index contributed by atoms with van der Waals surface area (Å²) >= 11 is 2.06. The first kappa shape index (κ1) is 25.9. The average molecular weight is 522 g/mol. The fraction of sp³-hybridized carbons (Fsp3) is 0.214. The van der Waals surface area contributed by atoms with Crippen molar-refractivity contribution in [2.24, 2.45) is 0 Å². The molecule has 3 aromatic carbocycles. The van der Waals surface area contributed by atoms with Crippen molar-refractivity contribution in [2.45, 2.75) is 38.1 Å². The topological polar surface area (TPSA) is 74.2 Å². The number of nitrogens with zero attached hydrogens (tertiary/aromatic N) is 1. The van der Waals surface area contributed by atoms with Crippen molar-refractivity contribution in [3.63, 3.8) is 0 Å². The molecule has 5 nitrogen and oxygen atoms in total. The molecule has 0 aliphatic rings. The van der Waals surface area contributed by atoms with Crippen LogP contribution in [0.25, 0.3) is 0 Å². The standard InChI is InChI=1S/C28H28FN3O2S2/c1-2-21-18-35-28(30-21)26(17-20-12-14-22(15-13-20)32-36-34)31-27(33)24(16-19-8-4-3-5-9-19)23-10-6-7-11-25(23)29/h3-15,18,24,26,32,34H,2,16-17H2,1H3,(H,31,33). The summed E-state index contributed by atoms with van der Waals surface area (Å²) < 4.78 is 26.6. The number of benzene rings is 3. The third-order valence-electron chi connectivity index (χ3n) is 5.98. The second kappa shape index (κ2) is 12.7. The van der Waals surface area contributed by atoms with Crippen molar-refractivity contribution in [1.29, 1.82) is 0 Å². The van der Waals surface area contributed by atoms with Gasteiger partial charge in [-0.05, 0) is 48.6 Å². The second-order valence-electron chi connectivity index (χ2n) is 8.45. The summed E-state index contributed by atoms with van der Waals surface area (Å²) in [4.78, 5) is 18.5. The number of aryl methyl sites for hydroxylation is 1. The van der Waals surface area contributed by atoms with Crippen molar-refractivity contribution in [3.8, 4) is 0 Å². The molecule has 4 rings (SSSR count). The Morgan fingerprint density at radius 1 is 1.00 bits per heavy atom. The lowest BCUT2D eigenvalue weighted by atomic mass is 9.90. The van der Waals surface area contributed by atoms with Crippen LogP contribution in [0.3, 0.4) is 0 Å². The predicted octanol–water partition coefficient (Wildman–Crippen LogP) is 6.80. The molecule has 8 heteroatoms. The monoisotopic (exact) mass is 521 g/mol. The van der Waals surface area contributed by atoms with Gasteiger partial charge in [-0.3, -0.25) is 4.79 Å². The van der Waals surface area contributed by atoms with Gasteiger partial charge in [-0.25, -0.2) is 9.37 Å². The molecule has 0 bridgehead atoms. The molecule has 0 saturated heterocycles. The second-order valence-corrected chi connectivity index (χ2v) is 9.73. The number of hydrogen-bond donors (Lipinski definition) is 3. The van der Waals surface area contributed by atoms with Crippen molar-refractivity contribution in [3.05, 3.63) is 117 Å². The minimum Gasteiger partial charge on any atom is -0.346 e. The Kier molecular flexibility index (Phi) is 9.11. The molecular weight excluding hydrogens is 493 g/mol. The molecule has 4 aromatic rings. The molecule has 3 N–H and O–H groups in total. The molecule has 36 heavy (non-hydrogen) atoms. The van der Waals surface area contributed by atoms with E-state index in [1.165, 1.54) is 17.4 Å². The fourth-order valence-corrected chi connectivity index (χ4v) is 5.26. The normalized spacial score (nSPS) is 12.6. The van der Waals surface area contributed by atoms with Crippen molar-refractivity contribution in [1.82, 2.24) is 10.3 Å². The minimum atomic E-state index is -0.685. The van der Waals surface area contributed by atoms with E-state index < -0.39 is 11.7 Å². The largest absolute Gasteiger partial charge is 0.346 e. The molecule has 186 valence electrons. The highest BCUT2D eigenvalue weighted by Gasteiger charge is 2.28. The van der Waals surface area contributed by atoms with Crippen LogP contribution in [0.4, 0.5) is 10.1 Å². The molecule has 0 aliphatic heterocycles. The van der Waals surface area contributed by atoms with Crippen LogP contribution in [-0.2, 0) is 24.1 Å². The Hall–Kier alpha value is -3.20. The van der Waals surface area contributed by atoms with E-state index in [-0.39, 0.29) is 11.9 Å². The van der Waals surface area contributed by atoms with Gasteiger partial charge in [-0.2, -0.15) is 0 Å². The van der Waals surface area contributed by atoms with Crippen LogP contribution in [0.15, 0.2) is 84.2 Å². The molecule has 2 unspecified atom stereocenters. The highest BCUT2D eigenvalue weighted by molar-refractivity contribution is 7.95. The molecular formula is C28H28FN3O2S2. The van der Waals surface area contributed by atoms with Crippen LogP contribution in [-0.4, -0.2) is 15.4 Å². The smallest absolute Gasteiger partial charge is 0.228 e. The highest BCUT2D eigenvalue weighted by Crippen LogP contribution is 2.28. The highest BCUT2D eigenvalue weighted by atomic mass is 32.2. The van der Waals surface area contributed by atoms with Gasteiger partial charge in [0.15, 0.2) is 0 Å². The molecule has 0 saturated carbocycles. The number of amides is 1. The third kappa shape index (κ3) is 6.72. The number of thiazole rings is 1. The van der Waals surface area contributed by atoms with Crippen LogP contribution in [0.1, 0.15) is 46.3 Å². The van der Waals surface area contributed by atoms with E-state index in [0.29, 0.717) is 30.6 Å². The first-order chi connectivity index (χ1) is 17.6. The van der Waals surface area contributed by atoms with E-state index >= 15 is 0 Å². The zero-order chi connectivity index (χ0) is 25.3. The van der Waals surface area contributed by atoms with Gasteiger partial charge in [-0.1, -0.05) is 67.6 Å². The lowest BCUT2D eigenvalue weighted by Gasteiger charge is -2.23. The van der Waals surface area contributed by atoms with E-state index in [2.05, 4.69) is 10.0 Å². The van der Waals surface area contributed by atoms with Crippen LogP contribution in [0.2, 0.25) is 0 Å². The number of hydrogen-bond acceptors (Lipinski definition) is 6. The quantitative estimate of drug-likeness (QED) is 0.149. The zero-order valence-corrected chi connectivity index (χ0v) is 21.5. The molecule has 0 spiro atoms. The number of carbonyl (C=O) groups excluding carboxylic acids is 1. The van der Waals surface area contributed by atoms with E-state index in [9.17, 15) is 9.18 Å². The molecule has 1 heterocycles. The van der Waals surface area contributed by atoms with Gasteiger partial charge in [0.05, 0.1) is 17.7 Å². The van der Waals surface area contributed by atoms with Crippen LogP contribution >= 0.6 is 23.6 Å². The van der Waals surface area contributed by atoms with Gasteiger partial charge in [0.25, 0.3) is 0 Å². The van der Waals surface area contributed by atoms with E-state index in [0.717, 1.165) is 33.9 Å². The maximum Gasteiger partial charge on any atom is 0.228 e. The first-order valence-electron chi connectivity index (χ1n) is 11.8. The van der Waals surface area contributed by atoms with Gasteiger partial charge in [0.2, 0.25) is 5.91 Å². The van der Waals surface area contributed by atoms with Gasteiger partial charge >= 0.3 is 0 Å². The maximum atomic E-state index is 14.8. The number of rotatable bonds is 11. The Balaban J connectivity index is 1.62. The van der Waals surface area contributed by atoms with Crippen molar-refractivity contribution < 1.29 is 13.7 Å². The van der Waals surface area contributed by atoms with Crippen molar-refractivity contribution in [2.75, 3.05) is 4.72 Å².